The highest BCUT2D eigenvalue weighted by Crippen LogP contribution is 2.27. The summed E-state index contributed by atoms with van der Waals surface area (Å²) in [4.78, 5) is 20.8. The highest BCUT2D eigenvalue weighted by Gasteiger charge is 2.12. The zero-order valence-electron chi connectivity index (χ0n) is 13.6. The highest BCUT2D eigenvalue weighted by molar-refractivity contribution is 7.99. The van der Waals surface area contributed by atoms with Gasteiger partial charge in [0.2, 0.25) is 5.91 Å². The van der Waals surface area contributed by atoms with E-state index in [0.29, 0.717) is 32.2 Å². The lowest BCUT2D eigenvalue weighted by Gasteiger charge is -1.99. The van der Waals surface area contributed by atoms with Crippen molar-refractivity contribution in [3.8, 4) is 11.3 Å². The van der Waals surface area contributed by atoms with Gasteiger partial charge < -0.3 is 9.73 Å². The molecule has 0 aliphatic heterocycles. The van der Waals surface area contributed by atoms with Crippen LogP contribution < -0.4 is 5.32 Å². The van der Waals surface area contributed by atoms with E-state index in [0.717, 1.165) is 5.56 Å². The minimum atomic E-state index is -0.305. The number of aromatic nitrogens is 2. The van der Waals surface area contributed by atoms with E-state index in [-0.39, 0.29) is 17.5 Å². The van der Waals surface area contributed by atoms with Gasteiger partial charge in [-0.2, -0.15) is 0 Å². The number of thiazole rings is 1. The summed E-state index contributed by atoms with van der Waals surface area (Å²) in [6.45, 7) is 0. The summed E-state index contributed by atoms with van der Waals surface area (Å²) in [5.41, 5.74) is 2.73. The van der Waals surface area contributed by atoms with Gasteiger partial charge in [-0.1, -0.05) is 23.4 Å². The lowest BCUT2D eigenvalue weighted by Crippen LogP contribution is -2.13. The molecule has 2 aromatic carbocycles. The molecular weight excluding hydrogens is 409 g/mol. The van der Waals surface area contributed by atoms with Gasteiger partial charge in [-0.15, -0.1) is 11.3 Å². The Balaban J connectivity index is 1.37. The van der Waals surface area contributed by atoms with Crippen LogP contribution in [-0.2, 0) is 4.79 Å². The Labute approximate surface area is 166 Å². The molecule has 0 aliphatic carbocycles. The molecule has 9 heteroatoms. The van der Waals surface area contributed by atoms with E-state index in [1.165, 1.54) is 35.2 Å². The number of carbonyl (C=O) groups excluding carboxylic acids is 1. The van der Waals surface area contributed by atoms with Crippen molar-refractivity contribution in [1.29, 1.82) is 0 Å². The minimum absolute atomic E-state index is 0.131. The van der Waals surface area contributed by atoms with Crippen LogP contribution in [0.5, 0.6) is 0 Å². The van der Waals surface area contributed by atoms with Crippen molar-refractivity contribution in [3.05, 3.63) is 58.7 Å². The van der Waals surface area contributed by atoms with E-state index in [4.69, 9.17) is 16.0 Å². The third-order valence-electron chi connectivity index (χ3n) is 3.55. The Kier molecular flexibility index (Phi) is 5.11. The number of rotatable bonds is 5. The highest BCUT2D eigenvalue weighted by atomic mass is 35.5. The standard InChI is InChI=1S/C18H11ClFN3O2S2/c19-11-3-6-15-13(7-11)22-18(25-15)27-9-16(24)23-17-21-14(8-26-17)10-1-4-12(20)5-2-10/h1-8H,9H2,(H,21,23,24). The maximum atomic E-state index is 13.0. The van der Waals surface area contributed by atoms with E-state index >= 15 is 0 Å². The number of hydrogen-bond donors (Lipinski definition) is 1. The van der Waals surface area contributed by atoms with Crippen molar-refractivity contribution >= 4 is 56.8 Å². The number of benzene rings is 2. The monoisotopic (exact) mass is 419 g/mol. The second-order valence-corrected chi connectivity index (χ2v) is 7.69. The van der Waals surface area contributed by atoms with Crippen molar-refractivity contribution in [2.24, 2.45) is 0 Å². The summed E-state index contributed by atoms with van der Waals surface area (Å²) >= 11 is 8.41. The largest absolute Gasteiger partial charge is 0.431 e. The first-order valence-corrected chi connectivity index (χ1v) is 10.0. The van der Waals surface area contributed by atoms with E-state index in [1.54, 1.807) is 35.7 Å². The van der Waals surface area contributed by atoms with Gasteiger partial charge >= 0.3 is 0 Å². The third kappa shape index (κ3) is 4.29. The molecule has 2 heterocycles. The Morgan fingerprint density at radius 3 is 2.85 bits per heavy atom. The summed E-state index contributed by atoms with van der Waals surface area (Å²) in [6, 6.07) is 11.2. The summed E-state index contributed by atoms with van der Waals surface area (Å²) in [5, 5.41) is 5.99. The molecule has 0 saturated carbocycles. The van der Waals surface area contributed by atoms with E-state index in [9.17, 15) is 9.18 Å². The Bertz CT molecular complexity index is 1110. The van der Waals surface area contributed by atoms with Gasteiger partial charge in [0.25, 0.3) is 5.22 Å². The number of thioether (sulfide) groups is 1. The lowest BCUT2D eigenvalue weighted by molar-refractivity contribution is -0.113. The van der Waals surface area contributed by atoms with Crippen molar-refractivity contribution in [3.63, 3.8) is 0 Å². The molecule has 2 aromatic heterocycles. The molecular formula is C18H11ClFN3O2S2. The van der Waals surface area contributed by atoms with Crippen LogP contribution in [0, 0.1) is 5.82 Å². The van der Waals surface area contributed by atoms with Crippen molar-refractivity contribution < 1.29 is 13.6 Å². The number of anilines is 1. The van der Waals surface area contributed by atoms with Crippen LogP contribution in [-0.4, -0.2) is 21.6 Å². The molecule has 5 nitrogen and oxygen atoms in total. The van der Waals surface area contributed by atoms with Crippen LogP contribution in [0.4, 0.5) is 9.52 Å². The summed E-state index contributed by atoms with van der Waals surface area (Å²) in [5.74, 6) is -0.396. The molecule has 0 fully saturated rings. The predicted molar refractivity (Wildman–Crippen MR) is 106 cm³/mol. The molecule has 0 atom stereocenters. The zero-order valence-corrected chi connectivity index (χ0v) is 16.0. The normalized spacial score (nSPS) is 11.0. The molecule has 1 amide bonds. The molecule has 0 saturated heterocycles. The quantitative estimate of drug-likeness (QED) is 0.434. The molecule has 0 spiro atoms. The second kappa shape index (κ2) is 7.67. The Hall–Kier alpha value is -2.42. The van der Waals surface area contributed by atoms with Gasteiger partial charge in [-0.3, -0.25) is 4.79 Å². The van der Waals surface area contributed by atoms with Crippen molar-refractivity contribution in [2.75, 3.05) is 11.1 Å². The number of fused-ring (bicyclic) bond motifs is 1. The number of nitrogens with zero attached hydrogens (tertiary/aromatic N) is 2. The average Bonchev–Trinajstić information content (AvgIpc) is 3.27. The van der Waals surface area contributed by atoms with E-state index in [2.05, 4.69) is 15.3 Å². The van der Waals surface area contributed by atoms with Crippen LogP contribution in [0.25, 0.3) is 22.4 Å². The van der Waals surface area contributed by atoms with Gasteiger partial charge in [-0.05, 0) is 42.5 Å². The molecule has 0 aliphatic rings. The van der Waals surface area contributed by atoms with Crippen LogP contribution >= 0.6 is 34.7 Å². The van der Waals surface area contributed by atoms with Crippen LogP contribution in [0.2, 0.25) is 5.02 Å². The summed E-state index contributed by atoms with van der Waals surface area (Å²) in [7, 11) is 0. The fraction of sp³-hybridized carbons (Fsp3) is 0.0556. The maximum absolute atomic E-state index is 13.0. The Morgan fingerprint density at radius 1 is 1.22 bits per heavy atom. The number of carbonyl (C=O) groups is 1. The summed E-state index contributed by atoms with van der Waals surface area (Å²) < 4.78 is 18.6. The molecule has 1 N–H and O–H groups in total. The molecule has 0 radical (unpaired) electrons. The zero-order chi connectivity index (χ0) is 18.8. The molecule has 0 unspecified atom stereocenters. The van der Waals surface area contributed by atoms with Crippen LogP contribution in [0.1, 0.15) is 0 Å². The number of nitrogens with one attached hydrogen (secondary N) is 1. The third-order valence-corrected chi connectivity index (χ3v) is 5.37. The van der Waals surface area contributed by atoms with Gasteiger partial charge in [0.05, 0.1) is 11.4 Å². The minimum Gasteiger partial charge on any atom is -0.431 e. The molecule has 27 heavy (non-hydrogen) atoms. The van der Waals surface area contributed by atoms with Crippen molar-refractivity contribution in [2.45, 2.75) is 5.22 Å². The van der Waals surface area contributed by atoms with Gasteiger partial charge in [0.1, 0.15) is 11.3 Å². The van der Waals surface area contributed by atoms with Crippen LogP contribution in [0.15, 0.2) is 57.5 Å². The smallest absolute Gasteiger partial charge is 0.257 e. The first-order valence-electron chi connectivity index (χ1n) is 7.77. The van der Waals surface area contributed by atoms with E-state index < -0.39 is 0 Å². The first kappa shape index (κ1) is 18.0. The number of hydrogen-bond acceptors (Lipinski definition) is 6. The maximum Gasteiger partial charge on any atom is 0.257 e. The molecule has 0 bridgehead atoms. The summed E-state index contributed by atoms with van der Waals surface area (Å²) in [6.07, 6.45) is 0. The average molecular weight is 420 g/mol. The number of halogens is 2. The van der Waals surface area contributed by atoms with Gasteiger partial charge in [-0.25, -0.2) is 14.4 Å². The first-order chi connectivity index (χ1) is 13.1. The topological polar surface area (TPSA) is 68.0 Å². The van der Waals surface area contributed by atoms with Crippen molar-refractivity contribution in [1.82, 2.24) is 9.97 Å². The molecule has 4 aromatic rings. The van der Waals surface area contributed by atoms with E-state index in [1.807, 2.05) is 0 Å². The van der Waals surface area contributed by atoms with Gasteiger partial charge in [0, 0.05) is 16.0 Å². The number of oxazole rings is 1. The molecule has 136 valence electrons. The molecule has 4 rings (SSSR count). The second-order valence-electron chi connectivity index (χ2n) is 5.47. The fourth-order valence-electron chi connectivity index (χ4n) is 2.31. The Morgan fingerprint density at radius 2 is 2.04 bits per heavy atom. The number of amides is 1. The fourth-order valence-corrected chi connectivity index (χ4v) is 3.85. The van der Waals surface area contributed by atoms with Gasteiger partial charge in [0.15, 0.2) is 10.7 Å². The SMILES string of the molecule is O=C(CSc1nc2cc(Cl)ccc2o1)Nc1nc(-c2ccc(F)cc2)cs1. The lowest BCUT2D eigenvalue weighted by atomic mass is 10.2. The van der Waals surface area contributed by atoms with Crippen LogP contribution in [0.3, 0.4) is 0 Å². The predicted octanol–water partition coefficient (Wildman–Crippen LogP) is 5.47.